The summed E-state index contributed by atoms with van der Waals surface area (Å²) in [5.74, 6) is -0.759. The van der Waals surface area contributed by atoms with E-state index >= 15 is 0 Å². The maximum Gasteiger partial charge on any atom is 0.264 e. The Balaban J connectivity index is 2.33. The third kappa shape index (κ3) is 3.05. The third-order valence-electron chi connectivity index (χ3n) is 2.64. The van der Waals surface area contributed by atoms with E-state index in [4.69, 9.17) is 5.73 Å². The smallest absolute Gasteiger partial charge is 0.264 e. The molecule has 0 unspecified atom stereocenters. The van der Waals surface area contributed by atoms with Crippen LogP contribution in [0.15, 0.2) is 52.3 Å². The number of nitrogens with one attached hydrogen (secondary N) is 1. The molecule has 0 saturated heterocycles. The molecule has 0 aliphatic heterocycles. The molecule has 2 aromatic carbocycles. The predicted octanol–water partition coefficient (Wildman–Crippen LogP) is 2.93. The second-order valence-electron chi connectivity index (χ2n) is 3.99. The summed E-state index contributed by atoms with van der Waals surface area (Å²) >= 11 is 1.55. The van der Waals surface area contributed by atoms with E-state index in [1.807, 2.05) is 6.26 Å². The van der Waals surface area contributed by atoms with Crippen LogP contribution in [0.5, 0.6) is 0 Å². The fourth-order valence-corrected chi connectivity index (χ4v) is 3.23. The zero-order chi connectivity index (χ0) is 14.8. The van der Waals surface area contributed by atoms with Crippen LogP contribution >= 0.6 is 11.8 Å². The van der Waals surface area contributed by atoms with Crippen LogP contribution in [0.4, 0.5) is 15.8 Å². The van der Waals surface area contributed by atoms with Gasteiger partial charge in [0, 0.05) is 10.6 Å². The van der Waals surface area contributed by atoms with Gasteiger partial charge in [-0.1, -0.05) is 6.07 Å². The van der Waals surface area contributed by atoms with Crippen molar-refractivity contribution >= 4 is 33.2 Å². The predicted molar refractivity (Wildman–Crippen MR) is 79.8 cm³/mol. The molecular formula is C13H13FN2O2S2. The second kappa shape index (κ2) is 5.72. The molecule has 2 rings (SSSR count). The Hall–Kier alpha value is -1.73. The summed E-state index contributed by atoms with van der Waals surface area (Å²) in [6.07, 6.45) is 1.92. The Bertz CT molecular complexity index is 716. The molecule has 0 bridgehead atoms. The maximum atomic E-state index is 13.3. The lowest BCUT2D eigenvalue weighted by Gasteiger charge is -2.10. The Morgan fingerprint density at radius 2 is 1.80 bits per heavy atom. The van der Waals surface area contributed by atoms with Crippen molar-refractivity contribution in [3.05, 3.63) is 48.3 Å². The van der Waals surface area contributed by atoms with Crippen molar-refractivity contribution in [2.24, 2.45) is 0 Å². The fourth-order valence-electron chi connectivity index (χ4n) is 1.62. The quantitative estimate of drug-likeness (QED) is 0.672. The molecule has 0 radical (unpaired) electrons. The van der Waals surface area contributed by atoms with Crippen LogP contribution in [0.2, 0.25) is 0 Å². The van der Waals surface area contributed by atoms with E-state index in [-0.39, 0.29) is 10.6 Å². The maximum absolute atomic E-state index is 13.3. The van der Waals surface area contributed by atoms with Gasteiger partial charge in [0.15, 0.2) is 0 Å². The van der Waals surface area contributed by atoms with Gasteiger partial charge in [0.2, 0.25) is 0 Å². The van der Waals surface area contributed by atoms with Crippen molar-refractivity contribution in [3.63, 3.8) is 0 Å². The SMILES string of the molecule is CSc1ccc(NS(=O)(=O)c2cccc(F)c2N)cc1. The molecule has 0 aliphatic carbocycles. The number of sulfonamides is 1. The van der Waals surface area contributed by atoms with Crippen LogP contribution in [0.1, 0.15) is 0 Å². The van der Waals surface area contributed by atoms with E-state index in [9.17, 15) is 12.8 Å². The topological polar surface area (TPSA) is 72.2 Å². The molecule has 7 heteroatoms. The van der Waals surface area contributed by atoms with Crippen molar-refractivity contribution in [1.82, 2.24) is 0 Å². The largest absolute Gasteiger partial charge is 0.395 e. The highest BCUT2D eigenvalue weighted by atomic mass is 32.2. The standard InChI is InChI=1S/C13H13FN2O2S2/c1-19-10-7-5-9(6-8-10)16-20(17,18)12-4-2-3-11(14)13(12)15/h2-8,16H,15H2,1H3. The Morgan fingerprint density at radius 1 is 1.15 bits per heavy atom. The first-order chi connectivity index (χ1) is 9.44. The minimum absolute atomic E-state index is 0.272. The van der Waals surface area contributed by atoms with Gasteiger partial charge >= 0.3 is 0 Å². The normalized spacial score (nSPS) is 11.3. The van der Waals surface area contributed by atoms with E-state index in [0.717, 1.165) is 11.0 Å². The van der Waals surface area contributed by atoms with Gasteiger partial charge in [-0.15, -0.1) is 11.8 Å². The molecule has 0 heterocycles. The van der Waals surface area contributed by atoms with Crippen molar-refractivity contribution in [2.75, 3.05) is 16.7 Å². The molecule has 20 heavy (non-hydrogen) atoms. The minimum Gasteiger partial charge on any atom is -0.395 e. The summed E-state index contributed by atoms with van der Waals surface area (Å²) < 4.78 is 40.0. The molecule has 0 fully saturated rings. The van der Waals surface area contributed by atoms with E-state index in [1.165, 1.54) is 12.1 Å². The number of hydrogen-bond donors (Lipinski definition) is 2. The number of thioether (sulfide) groups is 1. The number of rotatable bonds is 4. The Morgan fingerprint density at radius 3 is 2.40 bits per heavy atom. The van der Waals surface area contributed by atoms with Crippen LogP contribution in [-0.2, 0) is 10.0 Å². The summed E-state index contributed by atoms with van der Waals surface area (Å²) in [5.41, 5.74) is 5.48. The van der Waals surface area contributed by atoms with Gasteiger partial charge in [-0.3, -0.25) is 4.72 Å². The van der Waals surface area contributed by atoms with Gasteiger partial charge in [-0.2, -0.15) is 0 Å². The van der Waals surface area contributed by atoms with Gasteiger partial charge in [0.1, 0.15) is 10.7 Å². The average Bonchev–Trinajstić information content (AvgIpc) is 2.42. The lowest BCUT2D eigenvalue weighted by Crippen LogP contribution is -2.15. The number of para-hydroxylation sites is 1. The molecule has 0 saturated carbocycles. The summed E-state index contributed by atoms with van der Waals surface area (Å²) in [5, 5.41) is 0. The molecule has 0 amide bonds. The highest BCUT2D eigenvalue weighted by molar-refractivity contribution is 7.98. The summed E-state index contributed by atoms with van der Waals surface area (Å²) in [4.78, 5) is 0.740. The molecule has 4 nitrogen and oxygen atoms in total. The van der Waals surface area contributed by atoms with Gasteiger partial charge in [-0.25, -0.2) is 12.8 Å². The van der Waals surface area contributed by atoms with Crippen molar-refractivity contribution in [1.29, 1.82) is 0 Å². The number of nitrogens with two attached hydrogens (primary N) is 1. The van der Waals surface area contributed by atoms with Gasteiger partial charge in [-0.05, 0) is 42.7 Å². The summed E-state index contributed by atoms with van der Waals surface area (Å²) in [6, 6.07) is 10.5. The lowest BCUT2D eigenvalue weighted by atomic mass is 10.3. The van der Waals surface area contributed by atoms with E-state index in [0.29, 0.717) is 5.69 Å². The van der Waals surface area contributed by atoms with Crippen LogP contribution < -0.4 is 10.5 Å². The first kappa shape index (κ1) is 14.7. The highest BCUT2D eigenvalue weighted by Gasteiger charge is 2.19. The van der Waals surface area contributed by atoms with Crippen molar-refractivity contribution in [2.45, 2.75) is 9.79 Å². The van der Waals surface area contributed by atoms with Crippen LogP contribution in [-0.4, -0.2) is 14.7 Å². The fraction of sp³-hybridized carbons (Fsp3) is 0.0769. The number of hydrogen-bond acceptors (Lipinski definition) is 4. The molecule has 0 aliphatic rings. The minimum atomic E-state index is -3.91. The molecule has 0 aromatic heterocycles. The van der Waals surface area contributed by atoms with Gasteiger partial charge < -0.3 is 5.73 Å². The first-order valence-electron chi connectivity index (χ1n) is 5.65. The van der Waals surface area contributed by atoms with Crippen LogP contribution in [0.25, 0.3) is 0 Å². The second-order valence-corrected chi connectivity index (χ2v) is 6.52. The molecular weight excluding hydrogens is 299 g/mol. The van der Waals surface area contributed by atoms with E-state index in [1.54, 1.807) is 36.0 Å². The zero-order valence-electron chi connectivity index (χ0n) is 10.6. The molecule has 0 atom stereocenters. The first-order valence-corrected chi connectivity index (χ1v) is 8.35. The monoisotopic (exact) mass is 312 g/mol. The van der Waals surface area contributed by atoms with Crippen molar-refractivity contribution < 1.29 is 12.8 Å². The molecule has 106 valence electrons. The van der Waals surface area contributed by atoms with Crippen molar-refractivity contribution in [3.8, 4) is 0 Å². The Labute approximate surface area is 121 Å². The number of nitrogen functional groups attached to an aromatic ring is 1. The average molecular weight is 312 g/mol. The third-order valence-corrected chi connectivity index (χ3v) is 4.83. The molecule has 0 spiro atoms. The van der Waals surface area contributed by atoms with E-state index < -0.39 is 15.8 Å². The molecule has 3 N–H and O–H groups in total. The summed E-state index contributed by atoms with van der Waals surface area (Å²) in [7, 11) is -3.91. The lowest BCUT2D eigenvalue weighted by molar-refractivity contribution is 0.597. The highest BCUT2D eigenvalue weighted by Crippen LogP contribution is 2.24. The summed E-state index contributed by atoms with van der Waals surface area (Å²) in [6.45, 7) is 0. The number of anilines is 2. The van der Waals surface area contributed by atoms with Crippen LogP contribution in [0, 0.1) is 5.82 Å². The molecule has 2 aromatic rings. The van der Waals surface area contributed by atoms with E-state index in [2.05, 4.69) is 4.72 Å². The Kier molecular flexibility index (Phi) is 4.20. The zero-order valence-corrected chi connectivity index (χ0v) is 12.3. The number of halogens is 1. The number of benzene rings is 2. The van der Waals surface area contributed by atoms with Crippen LogP contribution in [0.3, 0.4) is 0 Å². The van der Waals surface area contributed by atoms with Gasteiger partial charge in [0.25, 0.3) is 10.0 Å². The van der Waals surface area contributed by atoms with Gasteiger partial charge in [0.05, 0.1) is 5.69 Å².